The van der Waals surface area contributed by atoms with Crippen molar-refractivity contribution >= 4 is 17.6 Å². The number of rotatable bonds is 5. The first-order valence-corrected chi connectivity index (χ1v) is 8.66. The number of aryl methyl sites for hydroxylation is 2. The molecule has 0 bridgehead atoms. The van der Waals surface area contributed by atoms with Crippen molar-refractivity contribution in [1.82, 2.24) is 0 Å². The van der Waals surface area contributed by atoms with Gasteiger partial charge in [-0.1, -0.05) is 41.4 Å². The molecule has 3 rings (SSSR count). The highest BCUT2D eigenvalue weighted by Crippen LogP contribution is 2.22. The average Bonchev–Trinajstić information content (AvgIpc) is 2.65. The van der Waals surface area contributed by atoms with Gasteiger partial charge in [0.25, 0.3) is 0 Å². The highest BCUT2D eigenvalue weighted by atomic mass is 35.5. The molecule has 0 unspecified atom stereocenters. The number of carbonyl (C=O) groups excluding carboxylic acids is 1. The molecule has 0 N–H and O–H groups in total. The number of benzene rings is 3. The van der Waals surface area contributed by atoms with E-state index in [0.29, 0.717) is 22.9 Å². The van der Waals surface area contributed by atoms with Crippen LogP contribution in [0.15, 0.2) is 66.7 Å². The van der Waals surface area contributed by atoms with E-state index in [4.69, 9.17) is 21.1 Å². The third-order valence-electron chi connectivity index (χ3n) is 3.96. The van der Waals surface area contributed by atoms with Crippen LogP contribution in [0.25, 0.3) is 0 Å². The van der Waals surface area contributed by atoms with Crippen molar-refractivity contribution in [2.24, 2.45) is 0 Å². The number of carbonyl (C=O) groups is 1. The third-order valence-corrected chi connectivity index (χ3v) is 4.38. The van der Waals surface area contributed by atoms with Crippen molar-refractivity contribution in [2.45, 2.75) is 20.5 Å². The van der Waals surface area contributed by atoms with Crippen LogP contribution >= 0.6 is 11.6 Å². The Kier molecular flexibility index (Phi) is 5.59. The lowest BCUT2D eigenvalue weighted by atomic mass is 10.1. The molecule has 0 spiro atoms. The first-order valence-electron chi connectivity index (χ1n) is 8.28. The predicted molar refractivity (Wildman–Crippen MR) is 103 cm³/mol. The zero-order valence-corrected chi connectivity index (χ0v) is 15.4. The van der Waals surface area contributed by atoms with Crippen LogP contribution in [0.3, 0.4) is 0 Å². The average molecular weight is 367 g/mol. The molecule has 0 aliphatic heterocycles. The summed E-state index contributed by atoms with van der Waals surface area (Å²) in [6.07, 6.45) is 0. The molecule has 0 aliphatic rings. The number of esters is 1. The quantitative estimate of drug-likeness (QED) is 0.425. The Morgan fingerprint density at radius 3 is 2.19 bits per heavy atom. The molecule has 0 aromatic heterocycles. The van der Waals surface area contributed by atoms with Gasteiger partial charge in [-0.3, -0.25) is 0 Å². The molecular formula is C22H19ClO3. The summed E-state index contributed by atoms with van der Waals surface area (Å²) in [5.41, 5.74) is 3.51. The molecule has 3 nitrogen and oxygen atoms in total. The van der Waals surface area contributed by atoms with Gasteiger partial charge >= 0.3 is 5.97 Å². The number of ether oxygens (including phenoxy) is 2. The van der Waals surface area contributed by atoms with Crippen molar-refractivity contribution in [3.63, 3.8) is 0 Å². The number of halogens is 1. The Morgan fingerprint density at radius 1 is 0.885 bits per heavy atom. The zero-order chi connectivity index (χ0) is 18.5. The third kappa shape index (κ3) is 4.64. The van der Waals surface area contributed by atoms with Crippen LogP contribution in [-0.4, -0.2) is 5.97 Å². The van der Waals surface area contributed by atoms with Crippen LogP contribution in [0.5, 0.6) is 11.5 Å². The smallest absolute Gasteiger partial charge is 0.343 e. The van der Waals surface area contributed by atoms with E-state index in [2.05, 4.69) is 0 Å². The lowest BCUT2D eigenvalue weighted by Gasteiger charge is -2.08. The maximum Gasteiger partial charge on any atom is 0.343 e. The maximum absolute atomic E-state index is 12.2. The highest BCUT2D eigenvalue weighted by molar-refractivity contribution is 6.31. The summed E-state index contributed by atoms with van der Waals surface area (Å²) in [5.74, 6) is 0.888. The minimum absolute atomic E-state index is 0.405. The van der Waals surface area contributed by atoms with Gasteiger partial charge in [0, 0.05) is 5.02 Å². The molecule has 0 atom stereocenters. The largest absolute Gasteiger partial charge is 0.489 e. The summed E-state index contributed by atoms with van der Waals surface area (Å²) in [7, 11) is 0. The molecule has 0 amide bonds. The highest BCUT2D eigenvalue weighted by Gasteiger charge is 2.09. The first kappa shape index (κ1) is 18.0. The van der Waals surface area contributed by atoms with Gasteiger partial charge in [0.2, 0.25) is 0 Å². The van der Waals surface area contributed by atoms with Gasteiger partial charge in [-0.15, -0.1) is 0 Å². The van der Waals surface area contributed by atoms with Crippen LogP contribution in [0, 0.1) is 13.8 Å². The van der Waals surface area contributed by atoms with Gasteiger partial charge in [-0.25, -0.2) is 4.79 Å². The second-order valence-electron chi connectivity index (χ2n) is 6.10. The zero-order valence-electron chi connectivity index (χ0n) is 14.7. The van der Waals surface area contributed by atoms with E-state index in [1.54, 1.807) is 30.3 Å². The van der Waals surface area contributed by atoms with Crippen LogP contribution in [0.2, 0.25) is 5.02 Å². The van der Waals surface area contributed by atoms with Crippen molar-refractivity contribution in [3.05, 3.63) is 94.0 Å². The molecule has 3 aromatic carbocycles. The molecule has 0 heterocycles. The summed E-state index contributed by atoms with van der Waals surface area (Å²) in [6, 6.07) is 20.2. The van der Waals surface area contributed by atoms with E-state index >= 15 is 0 Å². The minimum Gasteiger partial charge on any atom is -0.489 e. The van der Waals surface area contributed by atoms with Gasteiger partial charge < -0.3 is 9.47 Å². The Hall–Kier alpha value is -2.78. The normalized spacial score (nSPS) is 10.4. The fourth-order valence-corrected chi connectivity index (χ4v) is 2.50. The van der Waals surface area contributed by atoms with Crippen LogP contribution in [-0.2, 0) is 6.61 Å². The molecule has 0 aliphatic carbocycles. The lowest BCUT2D eigenvalue weighted by molar-refractivity contribution is 0.0734. The summed E-state index contributed by atoms with van der Waals surface area (Å²) < 4.78 is 11.1. The SMILES string of the molecule is Cc1ccc(OCc2ccc(C(=O)Oc3ccc(Cl)c(C)c3)cc2)cc1. The molecule has 4 heteroatoms. The first-order chi connectivity index (χ1) is 12.5. The summed E-state index contributed by atoms with van der Waals surface area (Å²) in [6.45, 7) is 4.34. The Bertz CT molecular complexity index is 900. The minimum atomic E-state index is -0.405. The van der Waals surface area contributed by atoms with Crippen molar-refractivity contribution < 1.29 is 14.3 Å². The molecule has 0 radical (unpaired) electrons. The molecular weight excluding hydrogens is 348 g/mol. The van der Waals surface area contributed by atoms with Crippen LogP contribution < -0.4 is 9.47 Å². The Labute approximate surface area is 158 Å². The molecule has 26 heavy (non-hydrogen) atoms. The second kappa shape index (κ2) is 8.07. The number of hydrogen-bond acceptors (Lipinski definition) is 3. The van der Waals surface area contributed by atoms with E-state index in [9.17, 15) is 4.79 Å². The van der Waals surface area contributed by atoms with E-state index in [1.807, 2.05) is 50.2 Å². The maximum atomic E-state index is 12.2. The molecule has 3 aromatic rings. The van der Waals surface area contributed by atoms with E-state index in [1.165, 1.54) is 5.56 Å². The summed E-state index contributed by atoms with van der Waals surface area (Å²) >= 11 is 5.98. The van der Waals surface area contributed by atoms with Crippen LogP contribution in [0.4, 0.5) is 0 Å². The van der Waals surface area contributed by atoms with Crippen molar-refractivity contribution in [2.75, 3.05) is 0 Å². The Balaban J connectivity index is 1.60. The van der Waals surface area contributed by atoms with E-state index in [0.717, 1.165) is 16.9 Å². The second-order valence-corrected chi connectivity index (χ2v) is 6.51. The van der Waals surface area contributed by atoms with Gasteiger partial charge in [0.15, 0.2) is 0 Å². The molecule has 132 valence electrons. The standard InChI is InChI=1S/C22H19ClO3/c1-15-3-9-19(10-4-15)25-14-17-5-7-18(8-6-17)22(24)26-20-11-12-21(23)16(2)13-20/h3-13H,14H2,1-2H3. The number of hydrogen-bond donors (Lipinski definition) is 0. The summed E-state index contributed by atoms with van der Waals surface area (Å²) in [4.78, 5) is 12.2. The topological polar surface area (TPSA) is 35.5 Å². The lowest BCUT2D eigenvalue weighted by Crippen LogP contribution is -2.08. The fraction of sp³-hybridized carbons (Fsp3) is 0.136. The monoisotopic (exact) mass is 366 g/mol. The van der Waals surface area contributed by atoms with Crippen molar-refractivity contribution in [1.29, 1.82) is 0 Å². The van der Waals surface area contributed by atoms with Gasteiger partial charge in [-0.2, -0.15) is 0 Å². The molecule has 0 saturated heterocycles. The van der Waals surface area contributed by atoms with Crippen molar-refractivity contribution in [3.8, 4) is 11.5 Å². The van der Waals surface area contributed by atoms with Gasteiger partial charge in [0.1, 0.15) is 18.1 Å². The van der Waals surface area contributed by atoms with Gasteiger partial charge in [-0.05, 0) is 67.4 Å². The van der Waals surface area contributed by atoms with E-state index in [-0.39, 0.29) is 0 Å². The van der Waals surface area contributed by atoms with Gasteiger partial charge in [0.05, 0.1) is 5.56 Å². The predicted octanol–water partition coefficient (Wildman–Crippen LogP) is 5.76. The molecule has 0 saturated carbocycles. The summed E-state index contributed by atoms with van der Waals surface area (Å²) in [5, 5.41) is 0.641. The fourth-order valence-electron chi connectivity index (χ4n) is 2.38. The molecule has 0 fully saturated rings. The van der Waals surface area contributed by atoms with E-state index < -0.39 is 5.97 Å². The van der Waals surface area contributed by atoms with Crippen LogP contribution in [0.1, 0.15) is 27.0 Å². The Morgan fingerprint density at radius 2 is 1.54 bits per heavy atom.